The molecule has 0 saturated carbocycles. The minimum atomic E-state index is -2.71. The van der Waals surface area contributed by atoms with Gasteiger partial charge in [0.1, 0.15) is 0 Å². The summed E-state index contributed by atoms with van der Waals surface area (Å²) >= 11 is 0. The van der Waals surface area contributed by atoms with Gasteiger partial charge in [-0.15, -0.1) is 0 Å². The van der Waals surface area contributed by atoms with Gasteiger partial charge in [0.15, 0.2) is 5.82 Å². The molecule has 2 amide bonds. The van der Waals surface area contributed by atoms with Crippen LogP contribution in [-0.2, 0) is 11.3 Å². The number of carbonyl (C=O) groups is 2. The lowest BCUT2D eigenvalue weighted by Gasteiger charge is -2.25. The highest BCUT2D eigenvalue weighted by atomic mass is 19.3. The zero-order chi connectivity index (χ0) is 24.4. The fourth-order valence-electron chi connectivity index (χ4n) is 4.14. The highest BCUT2D eigenvalue weighted by Gasteiger charge is 2.37. The van der Waals surface area contributed by atoms with E-state index in [2.05, 4.69) is 15.6 Å². The number of para-hydroxylation sites is 2. The van der Waals surface area contributed by atoms with E-state index in [-0.39, 0.29) is 24.3 Å². The number of hydroxylamine groups is 2. The molecule has 2 heterocycles. The summed E-state index contributed by atoms with van der Waals surface area (Å²) in [6.07, 6.45) is -2.71. The van der Waals surface area contributed by atoms with Gasteiger partial charge in [0.25, 0.3) is 18.2 Å². The summed E-state index contributed by atoms with van der Waals surface area (Å²) in [5.74, 6) is -1.67. The molecule has 0 aliphatic carbocycles. The molecule has 1 fully saturated rings. The van der Waals surface area contributed by atoms with Crippen molar-refractivity contribution in [3.05, 3.63) is 65.5 Å². The number of alkyl halides is 2. The maximum absolute atomic E-state index is 13.5. The molecule has 1 aliphatic rings. The quantitative estimate of drug-likeness (QED) is 0.364. The van der Waals surface area contributed by atoms with Gasteiger partial charge >= 0.3 is 0 Å². The van der Waals surface area contributed by atoms with Crippen molar-refractivity contribution in [2.75, 3.05) is 13.1 Å². The predicted octanol–water partition coefficient (Wildman–Crippen LogP) is 2.97. The van der Waals surface area contributed by atoms with Crippen LogP contribution in [0.5, 0.6) is 0 Å². The Hall–Kier alpha value is -3.37. The van der Waals surface area contributed by atoms with Crippen molar-refractivity contribution in [3.8, 4) is 0 Å². The molecule has 0 bridgehead atoms. The van der Waals surface area contributed by atoms with Crippen molar-refractivity contribution < 1.29 is 23.6 Å². The molecule has 10 heteroatoms. The maximum Gasteiger partial charge on any atom is 0.295 e. The Morgan fingerprint density at radius 1 is 1.18 bits per heavy atom. The molecular weight excluding hydrogens is 444 g/mol. The first-order chi connectivity index (χ1) is 16.3. The van der Waals surface area contributed by atoms with Gasteiger partial charge < -0.3 is 15.2 Å². The number of aromatic nitrogens is 2. The maximum atomic E-state index is 13.5. The van der Waals surface area contributed by atoms with E-state index in [1.807, 2.05) is 0 Å². The van der Waals surface area contributed by atoms with Crippen molar-refractivity contribution in [2.24, 2.45) is 5.92 Å². The number of fused-ring (bicyclic) bond motifs is 1. The van der Waals surface area contributed by atoms with E-state index in [9.17, 15) is 23.6 Å². The number of nitrogens with one attached hydrogen (secondary N) is 2. The highest BCUT2D eigenvalue weighted by Crippen LogP contribution is 2.25. The van der Waals surface area contributed by atoms with Crippen LogP contribution in [0.4, 0.5) is 8.78 Å². The van der Waals surface area contributed by atoms with Gasteiger partial charge in [-0.1, -0.05) is 24.3 Å². The lowest BCUT2D eigenvalue weighted by atomic mass is 10.0. The molecule has 2 aromatic carbocycles. The van der Waals surface area contributed by atoms with Crippen molar-refractivity contribution >= 4 is 22.8 Å². The van der Waals surface area contributed by atoms with E-state index in [1.165, 1.54) is 4.57 Å². The number of hydrogen-bond acceptors (Lipinski definition) is 5. The van der Waals surface area contributed by atoms with Crippen LogP contribution in [0.1, 0.15) is 42.0 Å². The molecule has 3 N–H and O–H groups in total. The molecule has 0 unspecified atom stereocenters. The summed E-state index contributed by atoms with van der Waals surface area (Å²) in [5, 5.41) is 16.6. The number of nitrogens with zero attached hydrogens (tertiary/aromatic N) is 3. The second kappa shape index (κ2) is 9.86. The van der Waals surface area contributed by atoms with Crippen LogP contribution in [-0.4, -0.2) is 56.8 Å². The number of hydrogen-bond donors (Lipinski definition) is 3. The average molecular weight is 472 g/mol. The zero-order valence-corrected chi connectivity index (χ0v) is 18.9. The minimum absolute atomic E-state index is 0.187. The molecule has 1 aliphatic heterocycles. The molecule has 4 rings (SSSR count). The highest BCUT2D eigenvalue weighted by molar-refractivity contribution is 5.95. The first-order valence-electron chi connectivity index (χ1n) is 11.1. The number of imidazole rings is 1. The molecule has 3 aromatic rings. The van der Waals surface area contributed by atoms with Crippen LogP contribution in [0.2, 0.25) is 0 Å². The second-order valence-corrected chi connectivity index (χ2v) is 8.66. The van der Waals surface area contributed by atoms with E-state index in [1.54, 1.807) is 62.4 Å². The van der Waals surface area contributed by atoms with Gasteiger partial charge in [0.2, 0.25) is 0 Å². The third kappa shape index (κ3) is 4.78. The molecular formula is C24H27F2N5O3. The molecule has 8 nitrogen and oxygen atoms in total. The first kappa shape index (κ1) is 23.8. The van der Waals surface area contributed by atoms with E-state index in [0.717, 1.165) is 5.56 Å². The lowest BCUT2D eigenvalue weighted by Crippen LogP contribution is -2.48. The fraction of sp³-hybridized carbons (Fsp3) is 0.375. The van der Waals surface area contributed by atoms with Gasteiger partial charge in [-0.05, 0) is 43.7 Å². The summed E-state index contributed by atoms with van der Waals surface area (Å²) in [5.41, 5.74) is 2.24. The minimum Gasteiger partial charge on any atom is -0.347 e. The summed E-state index contributed by atoms with van der Waals surface area (Å²) < 4.78 is 28.5. The monoisotopic (exact) mass is 471 g/mol. The summed E-state index contributed by atoms with van der Waals surface area (Å²) in [7, 11) is 0. The van der Waals surface area contributed by atoms with Crippen LogP contribution in [0.3, 0.4) is 0 Å². The molecule has 1 saturated heterocycles. The molecule has 180 valence electrons. The van der Waals surface area contributed by atoms with Gasteiger partial charge in [-0.3, -0.25) is 14.8 Å². The van der Waals surface area contributed by atoms with E-state index in [0.29, 0.717) is 34.7 Å². The number of halogens is 2. The van der Waals surface area contributed by atoms with Crippen molar-refractivity contribution in [1.82, 2.24) is 25.2 Å². The van der Waals surface area contributed by atoms with Crippen LogP contribution >= 0.6 is 0 Å². The van der Waals surface area contributed by atoms with Gasteiger partial charge in [0.05, 0.1) is 29.0 Å². The number of benzene rings is 2. The van der Waals surface area contributed by atoms with Crippen LogP contribution < -0.4 is 10.6 Å². The van der Waals surface area contributed by atoms with Gasteiger partial charge in [0, 0.05) is 25.2 Å². The van der Waals surface area contributed by atoms with Crippen molar-refractivity contribution in [2.45, 2.75) is 38.9 Å². The van der Waals surface area contributed by atoms with Crippen LogP contribution in [0.15, 0.2) is 48.5 Å². The Balaban J connectivity index is 1.46. The smallest absolute Gasteiger partial charge is 0.295 e. The fourth-order valence-corrected chi connectivity index (χ4v) is 4.14. The molecule has 34 heavy (non-hydrogen) atoms. The lowest BCUT2D eigenvalue weighted by molar-refractivity contribution is -0.177. The Morgan fingerprint density at radius 3 is 2.56 bits per heavy atom. The van der Waals surface area contributed by atoms with E-state index < -0.39 is 24.3 Å². The summed E-state index contributed by atoms with van der Waals surface area (Å²) in [6, 6.07) is 12.8. The van der Waals surface area contributed by atoms with E-state index >= 15 is 0 Å². The Kier molecular flexibility index (Phi) is 6.90. The average Bonchev–Trinajstić information content (AvgIpc) is 3.43. The van der Waals surface area contributed by atoms with Crippen LogP contribution in [0, 0.1) is 5.92 Å². The van der Waals surface area contributed by atoms with Gasteiger partial charge in [-0.25, -0.2) is 18.8 Å². The predicted molar refractivity (Wildman–Crippen MR) is 122 cm³/mol. The Labute approximate surface area is 195 Å². The largest absolute Gasteiger partial charge is 0.347 e. The number of rotatable bonds is 7. The summed E-state index contributed by atoms with van der Waals surface area (Å²) in [4.78, 5) is 29.3. The Morgan fingerprint density at radius 2 is 1.88 bits per heavy atom. The van der Waals surface area contributed by atoms with E-state index in [4.69, 9.17) is 0 Å². The SMILES string of the molecule is CC(C)N(O)C(=O)[C@H]1CNC[C@H]1NC(=O)c1ccc(Cn2c(C(F)F)nc3ccccc32)cc1. The Bertz CT molecular complexity index is 1180. The standard InChI is InChI=1S/C24H27F2N5O3/c1-14(2)31(34)24(33)17-11-27-12-19(17)29-23(32)16-9-7-15(8-10-16)13-30-20-6-4-3-5-18(20)28-22(30)21(25)26/h3-10,14,17,19,21,27,34H,11-13H2,1-2H3,(H,29,32)/t17-,19+/m0/s1. The molecule has 0 spiro atoms. The topological polar surface area (TPSA) is 99.5 Å². The summed E-state index contributed by atoms with van der Waals surface area (Å²) in [6.45, 7) is 4.36. The zero-order valence-electron chi connectivity index (χ0n) is 18.9. The normalized spacial score (nSPS) is 18.1. The van der Waals surface area contributed by atoms with Crippen molar-refractivity contribution in [3.63, 3.8) is 0 Å². The number of carbonyl (C=O) groups excluding carboxylic acids is 2. The second-order valence-electron chi connectivity index (χ2n) is 8.66. The third-order valence-corrected chi connectivity index (χ3v) is 6.00. The molecule has 2 atom stereocenters. The molecule has 0 radical (unpaired) electrons. The first-order valence-corrected chi connectivity index (χ1v) is 11.1. The van der Waals surface area contributed by atoms with Crippen LogP contribution in [0.25, 0.3) is 11.0 Å². The molecule has 1 aromatic heterocycles. The third-order valence-electron chi connectivity index (χ3n) is 6.00. The van der Waals surface area contributed by atoms with Gasteiger partial charge in [-0.2, -0.15) is 0 Å². The van der Waals surface area contributed by atoms with Crippen molar-refractivity contribution in [1.29, 1.82) is 0 Å². The number of amides is 2.